The molecule has 6 nitrogen and oxygen atoms in total. The second-order valence-corrected chi connectivity index (χ2v) is 7.23. The van der Waals surface area contributed by atoms with E-state index in [-0.39, 0.29) is 17.1 Å². The number of ether oxygens (including phenoxy) is 1. The van der Waals surface area contributed by atoms with Crippen LogP contribution in [0.25, 0.3) is 0 Å². The summed E-state index contributed by atoms with van der Waals surface area (Å²) in [5, 5.41) is 0.134. The molecule has 2 atom stereocenters. The molecule has 1 aliphatic rings. The van der Waals surface area contributed by atoms with Crippen molar-refractivity contribution in [3.63, 3.8) is 0 Å². The third-order valence-corrected chi connectivity index (χ3v) is 5.47. The second kappa shape index (κ2) is 7.97. The van der Waals surface area contributed by atoms with Crippen LogP contribution in [0.5, 0.6) is 0 Å². The molecule has 8 heteroatoms. The summed E-state index contributed by atoms with van der Waals surface area (Å²) in [6.07, 6.45) is 1.52. The summed E-state index contributed by atoms with van der Waals surface area (Å²) in [5.74, 6) is -0.236. The molecule has 1 aromatic carbocycles. The van der Waals surface area contributed by atoms with E-state index in [9.17, 15) is 14.4 Å². The molecule has 3 rings (SSSR count). The first-order valence-electron chi connectivity index (χ1n) is 7.86. The van der Waals surface area contributed by atoms with Gasteiger partial charge in [0.05, 0.1) is 6.26 Å². The van der Waals surface area contributed by atoms with Crippen molar-refractivity contribution >= 4 is 41.0 Å². The number of halogens is 1. The topological polar surface area (TPSA) is 76.8 Å². The Kier molecular flexibility index (Phi) is 5.68. The van der Waals surface area contributed by atoms with Gasteiger partial charge in [-0.1, -0.05) is 11.6 Å². The zero-order valence-corrected chi connectivity index (χ0v) is 15.5. The van der Waals surface area contributed by atoms with Gasteiger partial charge in [0.25, 0.3) is 0 Å². The van der Waals surface area contributed by atoms with E-state index in [1.165, 1.54) is 29.8 Å². The molecular weight excluding hydrogens is 378 g/mol. The van der Waals surface area contributed by atoms with Crippen molar-refractivity contribution in [2.75, 3.05) is 12.4 Å². The lowest BCUT2D eigenvalue weighted by atomic mass is 10.1. The van der Waals surface area contributed by atoms with E-state index in [1.54, 1.807) is 36.4 Å². The largest absolute Gasteiger partial charge is 0.466 e. The molecule has 136 valence electrons. The Morgan fingerprint density at radius 1 is 1.27 bits per heavy atom. The van der Waals surface area contributed by atoms with E-state index >= 15 is 0 Å². The first-order valence-corrected chi connectivity index (χ1v) is 9.29. The molecule has 1 amide bonds. The van der Waals surface area contributed by atoms with Crippen LogP contribution < -0.4 is 0 Å². The number of hydrogen-bond acceptors (Lipinski definition) is 6. The molecule has 0 bridgehead atoms. The van der Waals surface area contributed by atoms with E-state index in [1.807, 2.05) is 0 Å². The van der Waals surface area contributed by atoms with E-state index in [0.29, 0.717) is 22.1 Å². The predicted octanol–water partition coefficient (Wildman–Crippen LogP) is 3.32. The van der Waals surface area contributed by atoms with Gasteiger partial charge in [-0.15, -0.1) is 11.8 Å². The number of ketones is 1. The smallest absolute Gasteiger partial charge is 0.330 e. The minimum atomic E-state index is -0.759. The molecule has 26 heavy (non-hydrogen) atoms. The Bertz CT molecular complexity index is 805. The quantitative estimate of drug-likeness (QED) is 0.573. The maximum Gasteiger partial charge on any atom is 0.330 e. The highest BCUT2D eigenvalue weighted by molar-refractivity contribution is 7.99. The molecular formula is C18H16ClNO5S. The average Bonchev–Trinajstić information content (AvgIpc) is 3.28. The lowest BCUT2D eigenvalue weighted by Gasteiger charge is -2.25. The van der Waals surface area contributed by atoms with Crippen LogP contribution in [0.2, 0.25) is 5.02 Å². The third-order valence-electron chi connectivity index (χ3n) is 3.93. The molecule has 1 aliphatic heterocycles. The molecule has 1 aromatic heterocycles. The van der Waals surface area contributed by atoms with Gasteiger partial charge in [-0.05, 0) is 36.4 Å². The Balaban J connectivity index is 1.64. The number of hydrogen-bond donors (Lipinski definition) is 0. The fourth-order valence-corrected chi connectivity index (χ4v) is 4.22. The summed E-state index contributed by atoms with van der Waals surface area (Å²) < 4.78 is 10.5. The standard InChI is InChI=1S/C18H16ClNO5S/c1-11(21)20-14(10-26-17(20)16-3-2-8-24-16)18(23)25-9-15(22)12-4-6-13(19)7-5-12/h2-8,14,17H,9-10H2,1H3/t14-,17+/m1/s1. The zero-order valence-electron chi connectivity index (χ0n) is 13.9. The van der Waals surface area contributed by atoms with E-state index in [0.717, 1.165) is 0 Å². The number of furan rings is 1. The highest BCUT2D eigenvalue weighted by Crippen LogP contribution is 2.41. The molecule has 0 unspecified atom stereocenters. The molecule has 1 saturated heterocycles. The van der Waals surface area contributed by atoms with Crippen molar-refractivity contribution in [3.8, 4) is 0 Å². The van der Waals surface area contributed by atoms with Crippen LogP contribution in [0.3, 0.4) is 0 Å². The third kappa shape index (κ3) is 3.94. The average molecular weight is 394 g/mol. The zero-order chi connectivity index (χ0) is 18.7. The number of rotatable bonds is 5. The maximum atomic E-state index is 12.4. The highest BCUT2D eigenvalue weighted by atomic mass is 35.5. The van der Waals surface area contributed by atoms with E-state index < -0.39 is 18.6 Å². The fraction of sp³-hybridized carbons (Fsp3) is 0.278. The van der Waals surface area contributed by atoms with Crippen molar-refractivity contribution in [1.82, 2.24) is 4.90 Å². The Morgan fingerprint density at radius 2 is 2.00 bits per heavy atom. The van der Waals surface area contributed by atoms with Crippen molar-refractivity contribution in [3.05, 3.63) is 59.0 Å². The monoisotopic (exact) mass is 393 g/mol. The lowest BCUT2D eigenvalue weighted by Crippen LogP contribution is -2.43. The van der Waals surface area contributed by atoms with Crippen LogP contribution in [0.1, 0.15) is 28.4 Å². The normalized spacial score (nSPS) is 19.4. The Hall–Kier alpha value is -2.25. The number of benzene rings is 1. The number of carbonyl (C=O) groups excluding carboxylic acids is 3. The maximum absolute atomic E-state index is 12.4. The Morgan fingerprint density at radius 3 is 2.62 bits per heavy atom. The van der Waals surface area contributed by atoms with Crippen molar-refractivity contribution in [1.29, 1.82) is 0 Å². The van der Waals surface area contributed by atoms with E-state index in [2.05, 4.69) is 0 Å². The number of thioether (sulfide) groups is 1. The van der Waals surface area contributed by atoms with Crippen LogP contribution in [0, 0.1) is 0 Å². The van der Waals surface area contributed by atoms with Gasteiger partial charge in [-0.25, -0.2) is 4.79 Å². The van der Waals surface area contributed by atoms with E-state index in [4.69, 9.17) is 20.8 Å². The molecule has 0 N–H and O–H groups in total. The van der Waals surface area contributed by atoms with Crippen molar-refractivity contribution in [2.24, 2.45) is 0 Å². The first kappa shape index (κ1) is 18.5. The Labute approximate surface area is 159 Å². The number of carbonyl (C=O) groups is 3. The summed E-state index contributed by atoms with van der Waals surface area (Å²) in [7, 11) is 0. The molecule has 0 spiro atoms. The highest BCUT2D eigenvalue weighted by Gasteiger charge is 2.43. The molecule has 1 fully saturated rings. The summed E-state index contributed by atoms with van der Waals surface area (Å²) in [6, 6.07) is 9.05. The van der Waals surface area contributed by atoms with Gasteiger partial charge in [-0.3, -0.25) is 9.59 Å². The second-order valence-electron chi connectivity index (χ2n) is 5.68. The van der Waals surface area contributed by atoms with Crippen LogP contribution in [-0.2, 0) is 14.3 Å². The summed E-state index contributed by atoms with van der Waals surface area (Å²) >= 11 is 7.20. The fourth-order valence-electron chi connectivity index (χ4n) is 2.68. The summed E-state index contributed by atoms with van der Waals surface area (Å²) in [6.45, 7) is 1.000. The SMILES string of the molecule is CC(=O)N1[C@@H](C(=O)OCC(=O)c2ccc(Cl)cc2)CS[C@H]1c1ccco1. The number of nitrogens with zero attached hydrogens (tertiary/aromatic N) is 1. The van der Waals surface area contributed by atoms with Gasteiger partial charge >= 0.3 is 5.97 Å². The lowest BCUT2D eigenvalue weighted by molar-refractivity contribution is -0.152. The number of esters is 1. The van der Waals surface area contributed by atoms with Crippen LogP contribution >= 0.6 is 23.4 Å². The summed E-state index contributed by atoms with van der Waals surface area (Å²) in [5.41, 5.74) is 0.403. The van der Waals surface area contributed by atoms with Gasteiger partial charge in [0.1, 0.15) is 17.2 Å². The molecule has 0 aliphatic carbocycles. The van der Waals surface area contributed by atoms with Crippen LogP contribution in [-0.4, -0.2) is 41.0 Å². The van der Waals surface area contributed by atoms with Gasteiger partial charge in [0.15, 0.2) is 12.4 Å². The number of amides is 1. The van der Waals surface area contributed by atoms with Gasteiger partial charge in [0, 0.05) is 23.3 Å². The minimum absolute atomic E-state index is 0.262. The van der Waals surface area contributed by atoms with Crippen LogP contribution in [0.15, 0.2) is 47.1 Å². The van der Waals surface area contributed by atoms with Crippen LogP contribution in [0.4, 0.5) is 0 Å². The molecule has 2 aromatic rings. The van der Waals surface area contributed by atoms with Gasteiger partial charge < -0.3 is 14.1 Å². The molecule has 0 saturated carbocycles. The van der Waals surface area contributed by atoms with Gasteiger partial charge in [-0.2, -0.15) is 0 Å². The molecule has 2 heterocycles. The van der Waals surface area contributed by atoms with Gasteiger partial charge in [0.2, 0.25) is 5.91 Å². The summed E-state index contributed by atoms with van der Waals surface area (Å²) in [4.78, 5) is 38.0. The van der Waals surface area contributed by atoms with Crippen molar-refractivity contribution in [2.45, 2.75) is 18.3 Å². The molecule has 0 radical (unpaired) electrons. The first-order chi connectivity index (χ1) is 12.5. The van der Waals surface area contributed by atoms with Crippen molar-refractivity contribution < 1.29 is 23.5 Å². The minimum Gasteiger partial charge on any atom is -0.466 e. The number of Topliss-reactive ketones (excluding diaryl/α,β-unsaturated/α-hetero) is 1. The predicted molar refractivity (Wildman–Crippen MR) is 97.0 cm³/mol.